The van der Waals surface area contributed by atoms with E-state index in [1.54, 1.807) is 0 Å². The van der Waals surface area contributed by atoms with Crippen LogP contribution in [0.4, 0.5) is 5.69 Å². The van der Waals surface area contributed by atoms with E-state index in [0.29, 0.717) is 5.69 Å². The molecule has 42 valence electrons. The summed E-state index contributed by atoms with van der Waals surface area (Å²) in [7, 11) is 0. The Morgan fingerprint density at radius 1 is 1.62 bits per heavy atom. The Morgan fingerprint density at radius 3 is 3.00 bits per heavy atom. The summed E-state index contributed by atoms with van der Waals surface area (Å²) >= 11 is 5.54. The SMILES string of the molecule is [3H]c1cc([3H])c(Cl)cc1N. The summed E-state index contributed by atoms with van der Waals surface area (Å²) in [5, 5.41) is 0.286. The van der Waals surface area contributed by atoms with Crippen molar-refractivity contribution in [2.45, 2.75) is 0 Å². The maximum absolute atomic E-state index is 7.15. The molecule has 1 aromatic rings. The van der Waals surface area contributed by atoms with E-state index < -0.39 is 0 Å². The van der Waals surface area contributed by atoms with Crippen molar-refractivity contribution in [3.8, 4) is 0 Å². The molecule has 0 saturated carbocycles. The van der Waals surface area contributed by atoms with Gasteiger partial charge in [-0.2, -0.15) is 0 Å². The van der Waals surface area contributed by atoms with Gasteiger partial charge in [-0.1, -0.05) is 17.7 Å². The molecule has 0 fully saturated rings. The molecule has 0 unspecified atom stereocenters. The smallest absolute Gasteiger partial charge is 0.0645 e. The van der Waals surface area contributed by atoms with Gasteiger partial charge in [0.25, 0.3) is 0 Å². The van der Waals surface area contributed by atoms with Crippen LogP contribution in [0.3, 0.4) is 0 Å². The van der Waals surface area contributed by atoms with Gasteiger partial charge in [0.15, 0.2) is 0 Å². The second-order valence-electron chi connectivity index (χ2n) is 1.38. The third-order valence-electron chi connectivity index (χ3n) is 0.731. The van der Waals surface area contributed by atoms with Crippen molar-refractivity contribution in [3.05, 3.63) is 29.2 Å². The number of nitrogen functional groups attached to an aromatic ring is 1. The molecule has 0 aliphatic heterocycles. The predicted octanol–water partition coefficient (Wildman–Crippen LogP) is 1.92. The minimum absolute atomic E-state index is 0.140. The molecule has 0 aromatic heterocycles. The molecule has 0 aliphatic carbocycles. The maximum atomic E-state index is 7.15. The number of rotatable bonds is 0. The molecule has 1 rings (SSSR count). The third kappa shape index (κ3) is 1.14. The van der Waals surface area contributed by atoms with Gasteiger partial charge >= 0.3 is 0 Å². The molecule has 2 heteroatoms. The molecule has 1 nitrogen and oxygen atoms in total. The first-order chi connectivity index (χ1) is 4.61. The van der Waals surface area contributed by atoms with Crippen LogP contribution in [0.15, 0.2) is 24.2 Å². The molecule has 0 heterocycles. The van der Waals surface area contributed by atoms with E-state index in [9.17, 15) is 0 Å². The first-order valence-corrected chi connectivity index (χ1v) is 2.51. The maximum Gasteiger partial charge on any atom is 0.0645 e. The lowest BCUT2D eigenvalue weighted by molar-refractivity contribution is 1.69. The zero-order valence-corrected chi connectivity index (χ0v) is 4.87. The van der Waals surface area contributed by atoms with Crippen LogP contribution in [-0.2, 0) is 0 Å². The molecule has 0 radical (unpaired) electrons. The molecule has 0 aliphatic rings. The van der Waals surface area contributed by atoms with Gasteiger partial charge in [-0.25, -0.2) is 0 Å². The van der Waals surface area contributed by atoms with Gasteiger partial charge in [-0.05, 0) is 18.2 Å². The first kappa shape index (κ1) is 3.36. The van der Waals surface area contributed by atoms with Gasteiger partial charge in [-0.15, -0.1) is 0 Å². The van der Waals surface area contributed by atoms with E-state index in [1.165, 1.54) is 12.1 Å². The van der Waals surface area contributed by atoms with Gasteiger partial charge in [0.05, 0.1) is 2.74 Å². The number of halogens is 1. The number of benzene rings is 1. The normalized spacial score (nSPS) is 12.6. The van der Waals surface area contributed by atoms with E-state index >= 15 is 0 Å². The van der Waals surface area contributed by atoms with Gasteiger partial charge in [0, 0.05) is 10.7 Å². The number of nitrogens with two attached hydrogens (primary N) is 1. The van der Waals surface area contributed by atoms with Crippen molar-refractivity contribution in [2.24, 2.45) is 0 Å². The highest BCUT2D eigenvalue weighted by Crippen LogP contribution is 2.10. The van der Waals surface area contributed by atoms with Gasteiger partial charge in [0.2, 0.25) is 0 Å². The van der Waals surface area contributed by atoms with Crippen molar-refractivity contribution in [1.29, 1.82) is 0 Å². The Kier molecular flexibility index (Phi) is 0.862. The van der Waals surface area contributed by atoms with Crippen molar-refractivity contribution in [3.63, 3.8) is 0 Å². The minimum atomic E-state index is 0.140. The van der Waals surface area contributed by atoms with Crippen LogP contribution in [0.25, 0.3) is 0 Å². The molecule has 2 N–H and O–H groups in total. The lowest BCUT2D eigenvalue weighted by Crippen LogP contribution is -1.80. The van der Waals surface area contributed by atoms with Gasteiger partial charge in [-0.3, -0.25) is 0 Å². The van der Waals surface area contributed by atoms with Crippen molar-refractivity contribution < 1.29 is 2.74 Å². The quantitative estimate of drug-likeness (QED) is 0.535. The summed E-state index contributed by atoms with van der Waals surface area (Å²) < 4.78 is 14.3. The number of hydrogen-bond acceptors (Lipinski definition) is 1. The Labute approximate surface area is 55.9 Å². The molecule has 0 spiro atoms. The van der Waals surface area contributed by atoms with E-state index in [-0.39, 0.29) is 17.1 Å². The highest BCUT2D eigenvalue weighted by Gasteiger charge is 1.83. The zero-order valence-electron chi connectivity index (χ0n) is 6.11. The van der Waals surface area contributed by atoms with Gasteiger partial charge < -0.3 is 5.73 Å². The Morgan fingerprint density at radius 2 is 2.38 bits per heavy atom. The fourth-order valence-corrected chi connectivity index (χ4v) is 0.580. The van der Waals surface area contributed by atoms with Crippen LogP contribution in [-0.4, -0.2) is 0 Å². The second kappa shape index (κ2) is 2.05. The highest BCUT2D eigenvalue weighted by molar-refractivity contribution is 6.30. The summed E-state index contributed by atoms with van der Waals surface area (Å²) in [6, 6.07) is 3.01. The Balaban J connectivity index is 3.28. The molecule has 0 atom stereocenters. The van der Waals surface area contributed by atoms with E-state index in [2.05, 4.69) is 0 Å². The Hall–Kier alpha value is -0.690. The summed E-state index contributed by atoms with van der Waals surface area (Å²) in [4.78, 5) is 0. The molecule has 0 bridgehead atoms. The largest absolute Gasteiger partial charge is 0.399 e. The average molecular weight is 132 g/mol. The van der Waals surface area contributed by atoms with Crippen molar-refractivity contribution in [1.82, 2.24) is 0 Å². The van der Waals surface area contributed by atoms with Crippen LogP contribution in [0.5, 0.6) is 0 Å². The molecule has 0 amide bonds. The second-order valence-corrected chi connectivity index (χ2v) is 1.79. The lowest BCUT2D eigenvalue weighted by Gasteiger charge is -1.89. The zero-order chi connectivity index (χ0) is 7.72. The van der Waals surface area contributed by atoms with E-state index in [4.69, 9.17) is 20.1 Å². The molecule has 8 heavy (non-hydrogen) atoms. The molecular weight excluding hydrogens is 122 g/mol. The molecular formula is C6H6ClN. The monoisotopic (exact) mass is 131 g/mol. The summed E-state index contributed by atoms with van der Waals surface area (Å²) in [5.74, 6) is 0. The van der Waals surface area contributed by atoms with Crippen LogP contribution < -0.4 is 5.73 Å². The summed E-state index contributed by atoms with van der Waals surface area (Å²) in [6.45, 7) is 0. The van der Waals surface area contributed by atoms with Gasteiger partial charge in [0.1, 0.15) is 0 Å². The van der Waals surface area contributed by atoms with E-state index in [0.717, 1.165) is 0 Å². The molecule has 1 aromatic carbocycles. The molecule has 0 saturated heterocycles. The van der Waals surface area contributed by atoms with E-state index in [1.807, 2.05) is 0 Å². The third-order valence-corrected chi connectivity index (χ3v) is 0.949. The summed E-state index contributed by atoms with van der Waals surface area (Å²) in [5.41, 5.74) is 5.64. The first-order valence-electron chi connectivity index (χ1n) is 3.13. The number of anilines is 1. The average Bonchev–Trinajstić information content (AvgIpc) is 1.84. The van der Waals surface area contributed by atoms with Crippen LogP contribution in [0, 0.1) is 0 Å². The van der Waals surface area contributed by atoms with Crippen LogP contribution in [0.2, 0.25) is 5.02 Å². The predicted molar refractivity (Wildman–Crippen MR) is 35.9 cm³/mol. The van der Waals surface area contributed by atoms with Crippen molar-refractivity contribution in [2.75, 3.05) is 5.73 Å². The van der Waals surface area contributed by atoms with Crippen molar-refractivity contribution >= 4 is 17.3 Å². The standard InChI is InChI=1S/C6H6ClN/c7-5-2-1-3-6(8)4-5/h1-4H,8H2/i2T,3T. The fourth-order valence-electron chi connectivity index (χ4n) is 0.408. The summed E-state index contributed by atoms with van der Waals surface area (Å²) in [6.07, 6.45) is 0. The highest BCUT2D eigenvalue weighted by atomic mass is 35.5. The fraction of sp³-hybridized carbons (Fsp3) is 0. The minimum Gasteiger partial charge on any atom is -0.399 e. The van der Waals surface area contributed by atoms with Crippen LogP contribution >= 0.6 is 11.6 Å². The lowest BCUT2D eigenvalue weighted by atomic mass is 10.3. The number of hydrogen-bond donors (Lipinski definition) is 1. The Bertz CT molecular complexity index is 212. The van der Waals surface area contributed by atoms with Crippen LogP contribution in [0.1, 0.15) is 2.74 Å². The topological polar surface area (TPSA) is 26.0 Å².